The van der Waals surface area contributed by atoms with Gasteiger partial charge in [0.05, 0.1) is 0 Å². The number of amides is 1. The lowest BCUT2D eigenvalue weighted by atomic mass is 10.0. The van der Waals surface area contributed by atoms with Crippen LogP contribution in [-0.2, 0) is 0 Å². The summed E-state index contributed by atoms with van der Waals surface area (Å²) in [6.45, 7) is 3.01. The molecule has 1 aliphatic heterocycles. The van der Waals surface area contributed by atoms with Gasteiger partial charge < -0.3 is 10.2 Å². The SMILES string of the molecule is CN(CCC1CCNC1)C(=O)c1ccc(Cl)cc1. The Hall–Kier alpha value is -1.06. The van der Waals surface area contributed by atoms with Gasteiger partial charge in [0.1, 0.15) is 0 Å². The first-order chi connectivity index (χ1) is 8.66. The van der Waals surface area contributed by atoms with Crippen molar-refractivity contribution in [3.8, 4) is 0 Å². The van der Waals surface area contributed by atoms with E-state index in [-0.39, 0.29) is 5.91 Å². The summed E-state index contributed by atoms with van der Waals surface area (Å²) in [6, 6.07) is 7.06. The second-order valence-electron chi connectivity index (χ2n) is 4.88. The van der Waals surface area contributed by atoms with E-state index < -0.39 is 0 Å². The van der Waals surface area contributed by atoms with Crippen molar-refractivity contribution in [2.75, 3.05) is 26.7 Å². The van der Waals surface area contributed by atoms with E-state index >= 15 is 0 Å². The Bertz CT molecular complexity index is 399. The molecule has 1 unspecified atom stereocenters. The number of carbonyl (C=O) groups excluding carboxylic acids is 1. The highest BCUT2D eigenvalue weighted by molar-refractivity contribution is 6.30. The van der Waals surface area contributed by atoms with Crippen LogP contribution in [0.2, 0.25) is 5.02 Å². The van der Waals surface area contributed by atoms with Crippen molar-refractivity contribution >= 4 is 17.5 Å². The average molecular weight is 267 g/mol. The van der Waals surface area contributed by atoms with Gasteiger partial charge in [-0.3, -0.25) is 4.79 Å². The Morgan fingerprint density at radius 2 is 2.17 bits per heavy atom. The molecule has 4 heteroatoms. The minimum absolute atomic E-state index is 0.0672. The Morgan fingerprint density at radius 1 is 1.44 bits per heavy atom. The third kappa shape index (κ3) is 3.47. The molecule has 1 saturated heterocycles. The highest BCUT2D eigenvalue weighted by atomic mass is 35.5. The fraction of sp³-hybridized carbons (Fsp3) is 0.500. The molecule has 1 aromatic rings. The molecule has 3 nitrogen and oxygen atoms in total. The Morgan fingerprint density at radius 3 is 2.78 bits per heavy atom. The molecule has 1 aliphatic rings. The van der Waals surface area contributed by atoms with Crippen LogP contribution in [0.25, 0.3) is 0 Å². The molecule has 2 rings (SSSR count). The van der Waals surface area contributed by atoms with Gasteiger partial charge in [-0.25, -0.2) is 0 Å². The molecule has 1 heterocycles. The standard InChI is InChI=1S/C14H19ClN2O/c1-17(9-7-11-6-8-16-10-11)14(18)12-2-4-13(15)5-3-12/h2-5,11,16H,6-10H2,1H3. The van der Waals surface area contributed by atoms with E-state index in [2.05, 4.69) is 5.32 Å². The van der Waals surface area contributed by atoms with E-state index in [1.54, 1.807) is 29.2 Å². The lowest BCUT2D eigenvalue weighted by Crippen LogP contribution is -2.29. The van der Waals surface area contributed by atoms with Gasteiger partial charge in [-0.1, -0.05) is 11.6 Å². The van der Waals surface area contributed by atoms with Crippen molar-refractivity contribution in [1.82, 2.24) is 10.2 Å². The van der Waals surface area contributed by atoms with E-state index in [4.69, 9.17) is 11.6 Å². The molecule has 1 N–H and O–H groups in total. The highest BCUT2D eigenvalue weighted by Gasteiger charge is 2.17. The van der Waals surface area contributed by atoms with Crippen LogP contribution in [0.15, 0.2) is 24.3 Å². The maximum Gasteiger partial charge on any atom is 0.253 e. The van der Waals surface area contributed by atoms with Crippen LogP contribution in [0.4, 0.5) is 0 Å². The predicted molar refractivity (Wildman–Crippen MR) is 74.0 cm³/mol. The predicted octanol–water partition coefficient (Wildman–Crippen LogP) is 2.41. The van der Waals surface area contributed by atoms with Gasteiger partial charge >= 0.3 is 0 Å². The number of rotatable bonds is 4. The maximum absolute atomic E-state index is 12.1. The zero-order valence-electron chi connectivity index (χ0n) is 10.7. The molecule has 0 saturated carbocycles. The summed E-state index contributed by atoms with van der Waals surface area (Å²) >= 11 is 5.81. The molecule has 0 aliphatic carbocycles. The van der Waals surface area contributed by atoms with Crippen LogP contribution in [-0.4, -0.2) is 37.5 Å². The van der Waals surface area contributed by atoms with E-state index in [1.165, 1.54) is 6.42 Å². The van der Waals surface area contributed by atoms with Gasteiger partial charge in [0.15, 0.2) is 0 Å². The van der Waals surface area contributed by atoms with Crippen LogP contribution in [0.3, 0.4) is 0 Å². The lowest BCUT2D eigenvalue weighted by molar-refractivity contribution is 0.0788. The van der Waals surface area contributed by atoms with Crippen LogP contribution in [0.5, 0.6) is 0 Å². The molecule has 18 heavy (non-hydrogen) atoms. The van der Waals surface area contributed by atoms with Gasteiger partial charge in [-0.15, -0.1) is 0 Å². The number of nitrogens with one attached hydrogen (secondary N) is 1. The van der Waals surface area contributed by atoms with Gasteiger partial charge in [0.2, 0.25) is 0 Å². The number of halogens is 1. The summed E-state index contributed by atoms with van der Waals surface area (Å²) in [7, 11) is 1.86. The van der Waals surface area contributed by atoms with Crippen molar-refractivity contribution in [2.24, 2.45) is 5.92 Å². The van der Waals surface area contributed by atoms with Crippen LogP contribution in [0.1, 0.15) is 23.2 Å². The minimum atomic E-state index is 0.0672. The second-order valence-corrected chi connectivity index (χ2v) is 5.32. The quantitative estimate of drug-likeness (QED) is 0.908. The fourth-order valence-corrected chi connectivity index (χ4v) is 2.38. The monoisotopic (exact) mass is 266 g/mol. The average Bonchev–Trinajstić information content (AvgIpc) is 2.89. The second kappa shape index (κ2) is 6.21. The first-order valence-electron chi connectivity index (χ1n) is 6.38. The third-order valence-corrected chi connectivity index (χ3v) is 3.72. The molecule has 1 amide bonds. The van der Waals surface area contributed by atoms with E-state index in [0.29, 0.717) is 16.5 Å². The molecule has 0 spiro atoms. The van der Waals surface area contributed by atoms with Crippen molar-refractivity contribution < 1.29 is 4.79 Å². The topological polar surface area (TPSA) is 32.3 Å². The fourth-order valence-electron chi connectivity index (χ4n) is 2.25. The van der Waals surface area contributed by atoms with Gasteiger partial charge in [0, 0.05) is 24.2 Å². The van der Waals surface area contributed by atoms with Gasteiger partial charge in [-0.05, 0) is 56.1 Å². The summed E-state index contributed by atoms with van der Waals surface area (Å²) in [4.78, 5) is 13.9. The Labute approximate surface area is 113 Å². The number of nitrogens with zero attached hydrogens (tertiary/aromatic N) is 1. The maximum atomic E-state index is 12.1. The summed E-state index contributed by atoms with van der Waals surface area (Å²) in [5, 5.41) is 4.00. The van der Waals surface area contributed by atoms with Crippen LogP contribution in [0, 0.1) is 5.92 Å². The minimum Gasteiger partial charge on any atom is -0.342 e. The van der Waals surface area contributed by atoms with Crippen LogP contribution < -0.4 is 5.32 Å². The molecule has 0 aromatic heterocycles. The first kappa shape index (κ1) is 13.4. The van der Waals surface area contributed by atoms with Crippen LogP contribution >= 0.6 is 11.6 Å². The van der Waals surface area contributed by atoms with Crippen molar-refractivity contribution in [1.29, 1.82) is 0 Å². The van der Waals surface area contributed by atoms with E-state index in [1.807, 2.05) is 7.05 Å². The highest BCUT2D eigenvalue weighted by Crippen LogP contribution is 2.14. The molecule has 0 radical (unpaired) electrons. The number of hydrogen-bond donors (Lipinski definition) is 1. The zero-order chi connectivity index (χ0) is 13.0. The third-order valence-electron chi connectivity index (χ3n) is 3.47. The van der Waals surface area contributed by atoms with Crippen molar-refractivity contribution in [3.63, 3.8) is 0 Å². The van der Waals surface area contributed by atoms with Crippen molar-refractivity contribution in [2.45, 2.75) is 12.8 Å². The molecular formula is C14H19ClN2O. The molecule has 1 aromatic carbocycles. The van der Waals surface area contributed by atoms with E-state index in [9.17, 15) is 4.79 Å². The summed E-state index contributed by atoms with van der Waals surface area (Å²) in [6.07, 6.45) is 2.30. The Balaban J connectivity index is 1.85. The Kier molecular flexibility index (Phi) is 4.61. The molecule has 98 valence electrons. The largest absolute Gasteiger partial charge is 0.342 e. The molecule has 1 fully saturated rings. The number of hydrogen-bond acceptors (Lipinski definition) is 2. The number of carbonyl (C=O) groups is 1. The van der Waals surface area contributed by atoms with E-state index in [0.717, 1.165) is 26.1 Å². The van der Waals surface area contributed by atoms with Gasteiger partial charge in [0.25, 0.3) is 5.91 Å². The van der Waals surface area contributed by atoms with Gasteiger partial charge in [-0.2, -0.15) is 0 Å². The molecular weight excluding hydrogens is 248 g/mol. The normalized spacial score (nSPS) is 18.9. The summed E-state index contributed by atoms with van der Waals surface area (Å²) in [5.74, 6) is 0.781. The smallest absolute Gasteiger partial charge is 0.253 e. The number of benzene rings is 1. The first-order valence-corrected chi connectivity index (χ1v) is 6.76. The summed E-state index contributed by atoms with van der Waals surface area (Å²) in [5.41, 5.74) is 0.700. The summed E-state index contributed by atoms with van der Waals surface area (Å²) < 4.78 is 0. The molecule has 0 bridgehead atoms. The zero-order valence-corrected chi connectivity index (χ0v) is 11.4. The lowest BCUT2D eigenvalue weighted by Gasteiger charge is -2.19. The molecule has 1 atom stereocenters. The van der Waals surface area contributed by atoms with Crippen molar-refractivity contribution in [3.05, 3.63) is 34.9 Å².